The van der Waals surface area contributed by atoms with Crippen molar-refractivity contribution in [3.8, 4) is 0 Å². The second-order valence-corrected chi connectivity index (χ2v) is 6.71. The molecule has 2 aliphatic rings. The zero-order valence-electron chi connectivity index (χ0n) is 13.8. The van der Waals surface area contributed by atoms with Crippen LogP contribution in [0.5, 0.6) is 0 Å². The van der Waals surface area contributed by atoms with E-state index in [1.165, 1.54) is 0 Å². The number of ether oxygens (including phenoxy) is 2. The highest BCUT2D eigenvalue weighted by molar-refractivity contribution is 5.89. The Bertz CT molecular complexity index is 541. The Labute approximate surface area is 137 Å². The summed E-state index contributed by atoms with van der Waals surface area (Å²) in [6.07, 6.45) is 2.13. The smallest absolute Gasteiger partial charge is 0.221 e. The summed E-state index contributed by atoms with van der Waals surface area (Å²) in [5, 5.41) is 2.93. The van der Waals surface area contributed by atoms with Gasteiger partial charge < -0.3 is 14.8 Å². The first-order valence-corrected chi connectivity index (χ1v) is 8.40. The van der Waals surface area contributed by atoms with E-state index in [0.717, 1.165) is 70.2 Å². The maximum atomic E-state index is 11.4. The van der Waals surface area contributed by atoms with Crippen LogP contribution in [0.15, 0.2) is 24.3 Å². The molecule has 2 heterocycles. The molecule has 5 heteroatoms. The second kappa shape index (κ2) is 7.43. The minimum absolute atomic E-state index is 0.0300. The summed E-state index contributed by atoms with van der Waals surface area (Å²) in [5.74, 6) is -0.0300. The van der Waals surface area contributed by atoms with E-state index in [9.17, 15) is 4.79 Å². The fraction of sp³-hybridized carbons (Fsp3) is 0.611. The largest absolute Gasteiger partial charge is 0.381 e. The van der Waals surface area contributed by atoms with Crippen LogP contribution in [0.25, 0.3) is 0 Å². The maximum Gasteiger partial charge on any atom is 0.221 e. The van der Waals surface area contributed by atoms with E-state index in [4.69, 9.17) is 9.47 Å². The molecule has 0 saturated carbocycles. The number of hydrogen-bond acceptors (Lipinski definition) is 4. The molecule has 0 atom stereocenters. The predicted molar refractivity (Wildman–Crippen MR) is 89.3 cm³/mol. The highest BCUT2D eigenvalue weighted by Crippen LogP contribution is 2.34. The number of para-hydroxylation sites is 1. The topological polar surface area (TPSA) is 50.8 Å². The van der Waals surface area contributed by atoms with Gasteiger partial charge in [-0.2, -0.15) is 0 Å². The first-order chi connectivity index (χ1) is 11.2. The van der Waals surface area contributed by atoms with Gasteiger partial charge in [-0.05, 0) is 24.5 Å². The molecule has 23 heavy (non-hydrogen) atoms. The van der Waals surface area contributed by atoms with Crippen LogP contribution in [0.3, 0.4) is 0 Å². The van der Waals surface area contributed by atoms with Gasteiger partial charge in [0.25, 0.3) is 0 Å². The zero-order chi connectivity index (χ0) is 16.1. The van der Waals surface area contributed by atoms with Gasteiger partial charge in [0, 0.05) is 50.9 Å². The molecule has 0 aliphatic carbocycles. The Kier molecular flexibility index (Phi) is 5.30. The highest BCUT2D eigenvalue weighted by Gasteiger charge is 2.36. The standard InChI is InChI=1S/C18H26N2O3/c1-15(21)19-17-5-3-2-4-16(17)12-20-8-11-23-14-18(13-20)6-9-22-10-7-18/h2-5H,6-14H2,1H3,(H,19,21). The van der Waals surface area contributed by atoms with E-state index in [1.807, 2.05) is 18.2 Å². The molecule has 2 saturated heterocycles. The van der Waals surface area contributed by atoms with Crippen molar-refractivity contribution in [1.29, 1.82) is 0 Å². The van der Waals surface area contributed by atoms with E-state index in [-0.39, 0.29) is 11.3 Å². The Morgan fingerprint density at radius 2 is 2.00 bits per heavy atom. The van der Waals surface area contributed by atoms with Gasteiger partial charge >= 0.3 is 0 Å². The maximum absolute atomic E-state index is 11.4. The third kappa shape index (κ3) is 4.31. The summed E-state index contributed by atoms with van der Waals surface area (Å²) in [6.45, 7) is 7.61. The van der Waals surface area contributed by atoms with Crippen molar-refractivity contribution < 1.29 is 14.3 Å². The van der Waals surface area contributed by atoms with Crippen LogP contribution < -0.4 is 5.32 Å². The number of carbonyl (C=O) groups is 1. The molecule has 2 fully saturated rings. The molecule has 126 valence electrons. The average Bonchev–Trinajstić information content (AvgIpc) is 2.72. The Balaban J connectivity index is 1.72. The van der Waals surface area contributed by atoms with Gasteiger partial charge in [-0.15, -0.1) is 0 Å². The summed E-state index contributed by atoms with van der Waals surface area (Å²) in [5.41, 5.74) is 2.29. The number of rotatable bonds is 3. The van der Waals surface area contributed by atoms with Crippen molar-refractivity contribution in [3.63, 3.8) is 0 Å². The lowest BCUT2D eigenvalue weighted by Crippen LogP contribution is -2.42. The fourth-order valence-electron chi connectivity index (χ4n) is 3.53. The summed E-state index contributed by atoms with van der Waals surface area (Å²) in [4.78, 5) is 13.9. The molecular formula is C18H26N2O3. The van der Waals surface area contributed by atoms with Gasteiger partial charge in [-0.3, -0.25) is 9.69 Å². The number of anilines is 1. The van der Waals surface area contributed by atoms with E-state index >= 15 is 0 Å². The molecule has 0 radical (unpaired) electrons. The average molecular weight is 318 g/mol. The van der Waals surface area contributed by atoms with Crippen LogP contribution in [-0.4, -0.2) is 50.3 Å². The van der Waals surface area contributed by atoms with Gasteiger partial charge in [-0.25, -0.2) is 0 Å². The number of nitrogens with one attached hydrogen (secondary N) is 1. The van der Waals surface area contributed by atoms with Gasteiger partial charge in [0.05, 0.1) is 13.2 Å². The molecule has 5 nitrogen and oxygen atoms in total. The molecule has 3 rings (SSSR count). The van der Waals surface area contributed by atoms with Crippen molar-refractivity contribution in [3.05, 3.63) is 29.8 Å². The quantitative estimate of drug-likeness (QED) is 0.929. The number of hydrogen-bond donors (Lipinski definition) is 1. The number of nitrogens with zero attached hydrogens (tertiary/aromatic N) is 1. The third-order valence-corrected chi connectivity index (χ3v) is 4.79. The van der Waals surface area contributed by atoms with E-state index in [2.05, 4.69) is 16.3 Å². The normalized spacial score (nSPS) is 21.8. The Hall–Kier alpha value is -1.43. The molecule has 1 aromatic carbocycles. The minimum atomic E-state index is -0.0300. The Morgan fingerprint density at radius 1 is 1.22 bits per heavy atom. The van der Waals surface area contributed by atoms with Gasteiger partial charge in [0.1, 0.15) is 0 Å². The monoisotopic (exact) mass is 318 g/mol. The van der Waals surface area contributed by atoms with Crippen molar-refractivity contribution in [2.45, 2.75) is 26.3 Å². The van der Waals surface area contributed by atoms with Gasteiger partial charge in [0.2, 0.25) is 5.91 Å². The van der Waals surface area contributed by atoms with Crippen molar-refractivity contribution in [2.75, 3.05) is 44.8 Å². The lowest BCUT2D eigenvalue weighted by Gasteiger charge is -2.38. The summed E-state index contributed by atoms with van der Waals surface area (Å²) in [6, 6.07) is 8.04. The molecule has 0 unspecified atom stereocenters. The fourth-order valence-corrected chi connectivity index (χ4v) is 3.53. The molecule has 1 amide bonds. The van der Waals surface area contributed by atoms with Crippen LogP contribution in [0.2, 0.25) is 0 Å². The molecule has 2 aliphatic heterocycles. The Morgan fingerprint density at radius 3 is 2.78 bits per heavy atom. The zero-order valence-corrected chi connectivity index (χ0v) is 13.8. The van der Waals surface area contributed by atoms with Crippen LogP contribution in [0.4, 0.5) is 5.69 Å². The second-order valence-electron chi connectivity index (χ2n) is 6.71. The number of carbonyl (C=O) groups excluding carboxylic acids is 1. The molecule has 1 N–H and O–H groups in total. The lowest BCUT2D eigenvalue weighted by atomic mass is 9.80. The lowest BCUT2D eigenvalue weighted by molar-refractivity contribution is -0.114. The molecule has 1 spiro atoms. The van der Waals surface area contributed by atoms with Crippen LogP contribution in [-0.2, 0) is 20.8 Å². The highest BCUT2D eigenvalue weighted by atomic mass is 16.5. The first-order valence-electron chi connectivity index (χ1n) is 8.40. The van der Waals surface area contributed by atoms with Crippen LogP contribution in [0, 0.1) is 5.41 Å². The van der Waals surface area contributed by atoms with Crippen LogP contribution in [0.1, 0.15) is 25.3 Å². The van der Waals surface area contributed by atoms with Crippen LogP contribution >= 0.6 is 0 Å². The number of amides is 1. The van der Waals surface area contributed by atoms with Crippen molar-refractivity contribution in [1.82, 2.24) is 4.90 Å². The molecule has 0 aromatic heterocycles. The molecule has 0 bridgehead atoms. The third-order valence-electron chi connectivity index (χ3n) is 4.79. The predicted octanol–water partition coefficient (Wildman–Crippen LogP) is 2.27. The number of benzene rings is 1. The van der Waals surface area contributed by atoms with Crippen molar-refractivity contribution >= 4 is 11.6 Å². The molecule has 1 aromatic rings. The first kappa shape index (κ1) is 16.4. The minimum Gasteiger partial charge on any atom is -0.381 e. The van der Waals surface area contributed by atoms with E-state index < -0.39 is 0 Å². The summed E-state index contributed by atoms with van der Waals surface area (Å²) >= 11 is 0. The van der Waals surface area contributed by atoms with Gasteiger partial charge in [-0.1, -0.05) is 18.2 Å². The van der Waals surface area contributed by atoms with Gasteiger partial charge in [0.15, 0.2) is 0 Å². The summed E-state index contributed by atoms with van der Waals surface area (Å²) < 4.78 is 11.4. The van der Waals surface area contributed by atoms with E-state index in [1.54, 1.807) is 6.92 Å². The molecular weight excluding hydrogens is 292 g/mol. The van der Waals surface area contributed by atoms with E-state index in [0.29, 0.717) is 0 Å². The summed E-state index contributed by atoms with van der Waals surface area (Å²) in [7, 11) is 0. The SMILES string of the molecule is CC(=O)Nc1ccccc1CN1CCOCC2(CCOCC2)C1. The van der Waals surface area contributed by atoms with Crippen molar-refractivity contribution in [2.24, 2.45) is 5.41 Å².